The average molecular weight is 251 g/mol. The molecule has 0 amide bonds. The zero-order valence-corrected chi connectivity index (χ0v) is 11.3. The number of ether oxygens (including phenoxy) is 1. The first kappa shape index (κ1) is 13.1. The summed E-state index contributed by atoms with van der Waals surface area (Å²) in [5, 5.41) is 4.27. The Labute approximate surface area is 107 Å². The standard InChI is InChI=1S/C13H21N3O2/c1-13(2,3)18-12(17)10-8-15-16-6-4-5-9(7-14)11(10)16/h8-9H,4-7,14H2,1-3H3. The number of esters is 1. The van der Waals surface area contributed by atoms with Crippen molar-refractivity contribution in [3.8, 4) is 0 Å². The second kappa shape index (κ2) is 4.72. The first-order chi connectivity index (χ1) is 8.42. The van der Waals surface area contributed by atoms with E-state index in [0.29, 0.717) is 12.1 Å². The van der Waals surface area contributed by atoms with Crippen molar-refractivity contribution < 1.29 is 9.53 Å². The minimum Gasteiger partial charge on any atom is -0.456 e. The Bertz CT molecular complexity index is 446. The van der Waals surface area contributed by atoms with Crippen LogP contribution in [-0.2, 0) is 11.3 Å². The first-order valence-corrected chi connectivity index (χ1v) is 6.41. The fraction of sp³-hybridized carbons (Fsp3) is 0.692. The second-order valence-corrected chi connectivity index (χ2v) is 5.74. The van der Waals surface area contributed by atoms with Crippen LogP contribution in [0, 0.1) is 0 Å². The van der Waals surface area contributed by atoms with Crippen LogP contribution in [0.15, 0.2) is 6.20 Å². The van der Waals surface area contributed by atoms with Gasteiger partial charge in [-0.2, -0.15) is 5.10 Å². The highest BCUT2D eigenvalue weighted by Crippen LogP contribution is 2.29. The Hall–Kier alpha value is -1.36. The van der Waals surface area contributed by atoms with Gasteiger partial charge in [-0.3, -0.25) is 4.68 Å². The van der Waals surface area contributed by atoms with Crippen molar-refractivity contribution in [2.45, 2.75) is 51.7 Å². The summed E-state index contributed by atoms with van der Waals surface area (Å²) in [6.45, 7) is 6.99. The van der Waals surface area contributed by atoms with Gasteiger partial charge in [-0.25, -0.2) is 4.79 Å². The molecule has 1 aromatic heterocycles. The van der Waals surface area contributed by atoms with E-state index in [1.807, 2.05) is 25.5 Å². The summed E-state index contributed by atoms with van der Waals surface area (Å²) in [6.07, 6.45) is 3.68. The zero-order valence-electron chi connectivity index (χ0n) is 11.3. The molecule has 0 aliphatic carbocycles. The summed E-state index contributed by atoms with van der Waals surface area (Å²) < 4.78 is 7.30. The van der Waals surface area contributed by atoms with E-state index in [1.165, 1.54) is 0 Å². The predicted octanol–water partition coefficient (Wildman–Crippen LogP) is 1.67. The first-order valence-electron chi connectivity index (χ1n) is 6.41. The van der Waals surface area contributed by atoms with E-state index in [4.69, 9.17) is 10.5 Å². The molecule has 2 rings (SSSR count). The molecule has 100 valence electrons. The molecule has 5 nitrogen and oxygen atoms in total. The molecule has 5 heteroatoms. The Morgan fingerprint density at radius 1 is 1.61 bits per heavy atom. The lowest BCUT2D eigenvalue weighted by molar-refractivity contribution is 0.00673. The van der Waals surface area contributed by atoms with Gasteiger partial charge in [0.15, 0.2) is 0 Å². The van der Waals surface area contributed by atoms with Crippen LogP contribution in [0.5, 0.6) is 0 Å². The topological polar surface area (TPSA) is 70.1 Å². The minimum absolute atomic E-state index is 0.212. The fourth-order valence-corrected chi connectivity index (χ4v) is 2.35. The maximum absolute atomic E-state index is 12.1. The van der Waals surface area contributed by atoms with E-state index in [9.17, 15) is 4.79 Å². The van der Waals surface area contributed by atoms with Crippen LogP contribution in [0.2, 0.25) is 0 Å². The summed E-state index contributed by atoms with van der Waals surface area (Å²) in [5.74, 6) is -0.0899. The third-order valence-corrected chi connectivity index (χ3v) is 3.09. The number of nitrogens with two attached hydrogens (primary N) is 1. The summed E-state index contributed by atoms with van der Waals surface area (Å²) in [5.41, 5.74) is 6.81. The van der Waals surface area contributed by atoms with Crippen LogP contribution in [0.1, 0.15) is 55.6 Å². The maximum Gasteiger partial charge on any atom is 0.342 e. The normalized spacial score (nSPS) is 19.4. The smallest absolute Gasteiger partial charge is 0.342 e. The van der Waals surface area contributed by atoms with E-state index in [0.717, 1.165) is 25.1 Å². The quantitative estimate of drug-likeness (QED) is 0.812. The Morgan fingerprint density at radius 3 is 2.94 bits per heavy atom. The zero-order chi connectivity index (χ0) is 13.3. The van der Waals surface area contributed by atoms with E-state index in [2.05, 4.69) is 5.10 Å². The summed E-state index contributed by atoms with van der Waals surface area (Å²) >= 11 is 0. The summed E-state index contributed by atoms with van der Waals surface area (Å²) in [7, 11) is 0. The van der Waals surface area contributed by atoms with Gasteiger partial charge in [0.1, 0.15) is 11.2 Å². The van der Waals surface area contributed by atoms with Gasteiger partial charge in [0, 0.05) is 19.0 Å². The highest BCUT2D eigenvalue weighted by molar-refractivity contribution is 5.91. The van der Waals surface area contributed by atoms with Gasteiger partial charge in [-0.1, -0.05) is 0 Å². The fourth-order valence-electron chi connectivity index (χ4n) is 2.35. The van der Waals surface area contributed by atoms with Crippen LogP contribution in [0.25, 0.3) is 0 Å². The van der Waals surface area contributed by atoms with Crippen molar-refractivity contribution in [1.29, 1.82) is 0 Å². The molecule has 1 aromatic rings. The minimum atomic E-state index is -0.487. The molecule has 18 heavy (non-hydrogen) atoms. The van der Waals surface area contributed by atoms with Crippen LogP contribution in [-0.4, -0.2) is 27.9 Å². The number of carbonyl (C=O) groups is 1. The van der Waals surface area contributed by atoms with Gasteiger partial charge < -0.3 is 10.5 Å². The van der Waals surface area contributed by atoms with Crippen LogP contribution in [0.3, 0.4) is 0 Å². The van der Waals surface area contributed by atoms with Crippen molar-refractivity contribution in [2.24, 2.45) is 5.73 Å². The van der Waals surface area contributed by atoms with Gasteiger partial charge in [0.25, 0.3) is 0 Å². The van der Waals surface area contributed by atoms with Crippen molar-refractivity contribution >= 4 is 5.97 Å². The number of hydrogen-bond acceptors (Lipinski definition) is 4. The number of hydrogen-bond donors (Lipinski definition) is 1. The Morgan fingerprint density at radius 2 is 2.33 bits per heavy atom. The van der Waals surface area contributed by atoms with Crippen LogP contribution in [0.4, 0.5) is 0 Å². The number of fused-ring (bicyclic) bond motifs is 1. The van der Waals surface area contributed by atoms with E-state index < -0.39 is 5.60 Å². The van der Waals surface area contributed by atoms with Crippen molar-refractivity contribution in [3.63, 3.8) is 0 Å². The molecule has 1 aliphatic rings. The lowest BCUT2D eigenvalue weighted by atomic mass is 9.93. The number of nitrogens with zero attached hydrogens (tertiary/aromatic N) is 2. The molecule has 1 unspecified atom stereocenters. The number of aromatic nitrogens is 2. The molecule has 0 spiro atoms. The van der Waals surface area contributed by atoms with E-state index >= 15 is 0 Å². The molecule has 0 aromatic carbocycles. The van der Waals surface area contributed by atoms with Gasteiger partial charge in [0.05, 0.1) is 11.9 Å². The maximum atomic E-state index is 12.1. The summed E-state index contributed by atoms with van der Waals surface area (Å²) in [4.78, 5) is 12.1. The Balaban J connectivity index is 2.30. The molecule has 0 saturated heterocycles. The third kappa shape index (κ3) is 2.56. The lowest BCUT2D eigenvalue weighted by Crippen LogP contribution is -2.27. The molecular formula is C13H21N3O2. The van der Waals surface area contributed by atoms with Gasteiger partial charge in [-0.15, -0.1) is 0 Å². The lowest BCUT2D eigenvalue weighted by Gasteiger charge is -2.24. The SMILES string of the molecule is CC(C)(C)OC(=O)c1cnn2c1C(CN)CCC2. The van der Waals surface area contributed by atoms with E-state index in [1.54, 1.807) is 6.20 Å². The number of aryl methyl sites for hydroxylation is 1. The highest BCUT2D eigenvalue weighted by atomic mass is 16.6. The average Bonchev–Trinajstić information content (AvgIpc) is 2.70. The molecular weight excluding hydrogens is 230 g/mol. The molecule has 1 aliphatic heterocycles. The molecule has 1 atom stereocenters. The molecule has 0 fully saturated rings. The number of carbonyl (C=O) groups excluding carboxylic acids is 1. The van der Waals surface area contributed by atoms with E-state index in [-0.39, 0.29) is 11.9 Å². The van der Waals surface area contributed by atoms with Gasteiger partial charge in [0.2, 0.25) is 0 Å². The van der Waals surface area contributed by atoms with Crippen molar-refractivity contribution in [1.82, 2.24) is 9.78 Å². The second-order valence-electron chi connectivity index (χ2n) is 5.74. The third-order valence-electron chi connectivity index (χ3n) is 3.09. The van der Waals surface area contributed by atoms with Crippen LogP contribution >= 0.6 is 0 Å². The molecule has 0 radical (unpaired) electrons. The predicted molar refractivity (Wildman–Crippen MR) is 68.4 cm³/mol. The van der Waals surface area contributed by atoms with Gasteiger partial charge in [-0.05, 0) is 33.6 Å². The summed E-state index contributed by atoms with van der Waals surface area (Å²) in [6, 6.07) is 0. The molecule has 0 bridgehead atoms. The number of rotatable bonds is 2. The van der Waals surface area contributed by atoms with Gasteiger partial charge >= 0.3 is 5.97 Å². The van der Waals surface area contributed by atoms with Crippen molar-refractivity contribution in [2.75, 3.05) is 6.54 Å². The largest absolute Gasteiger partial charge is 0.456 e. The molecule has 2 N–H and O–H groups in total. The highest BCUT2D eigenvalue weighted by Gasteiger charge is 2.29. The molecule has 2 heterocycles. The van der Waals surface area contributed by atoms with Crippen molar-refractivity contribution in [3.05, 3.63) is 17.5 Å². The molecule has 0 saturated carbocycles. The Kier molecular flexibility index (Phi) is 3.43. The van der Waals surface area contributed by atoms with Crippen LogP contribution < -0.4 is 5.73 Å². The monoisotopic (exact) mass is 251 g/mol.